The Labute approximate surface area is 114 Å². The maximum atomic E-state index is 3.70. The van der Waals surface area contributed by atoms with Gasteiger partial charge in [-0.2, -0.15) is 0 Å². The molecule has 0 aromatic carbocycles. The first kappa shape index (κ1) is 14.3. The third-order valence-electron chi connectivity index (χ3n) is 6.24. The lowest BCUT2D eigenvalue weighted by molar-refractivity contribution is 0.175. The first-order chi connectivity index (χ1) is 8.37. The Morgan fingerprint density at radius 2 is 1.78 bits per heavy atom. The highest BCUT2D eigenvalue weighted by atomic mass is 15.1. The van der Waals surface area contributed by atoms with E-state index in [1.54, 1.807) is 0 Å². The van der Waals surface area contributed by atoms with Crippen molar-refractivity contribution < 1.29 is 0 Å². The molecule has 0 amide bonds. The number of rotatable bonds is 5. The second kappa shape index (κ2) is 5.13. The van der Waals surface area contributed by atoms with E-state index in [4.69, 9.17) is 0 Å². The van der Waals surface area contributed by atoms with Crippen LogP contribution in [0.2, 0.25) is 0 Å². The quantitative estimate of drug-likeness (QED) is 0.756. The Bertz CT molecular complexity index is 269. The molecular weight excluding hydrogens is 220 g/mol. The molecular formula is C16H32N2. The van der Waals surface area contributed by atoms with Crippen LogP contribution in [0.15, 0.2) is 0 Å². The highest BCUT2D eigenvalue weighted by Gasteiger charge is 2.63. The molecule has 0 spiro atoms. The minimum absolute atomic E-state index is 0.529. The first-order valence-electron chi connectivity index (χ1n) is 7.78. The van der Waals surface area contributed by atoms with Gasteiger partial charge < -0.3 is 10.2 Å². The lowest BCUT2D eigenvalue weighted by atomic mass is 10.0. The molecule has 1 saturated carbocycles. The van der Waals surface area contributed by atoms with E-state index >= 15 is 0 Å². The lowest BCUT2D eigenvalue weighted by Gasteiger charge is -2.32. The molecule has 18 heavy (non-hydrogen) atoms. The van der Waals surface area contributed by atoms with Crippen LogP contribution in [-0.2, 0) is 0 Å². The molecule has 2 rings (SSSR count). The fourth-order valence-corrected chi connectivity index (χ4v) is 3.87. The van der Waals surface area contributed by atoms with Gasteiger partial charge in [-0.3, -0.25) is 0 Å². The summed E-state index contributed by atoms with van der Waals surface area (Å²) in [6.45, 7) is 13.3. The van der Waals surface area contributed by atoms with Crippen LogP contribution in [0.1, 0.15) is 53.4 Å². The molecule has 1 saturated heterocycles. The zero-order chi connectivity index (χ0) is 13.4. The Balaban J connectivity index is 1.62. The van der Waals surface area contributed by atoms with E-state index in [1.165, 1.54) is 45.3 Å². The zero-order valence-electron chi connectivity index (χ0n) is 13.1. The van der Waals surface area contributed by atoms with Gasteiger partial charge in [-0.1, -0.05) is 34.1 Å². The summed E-state index contributed by atoms with van der Waals surface area (Å²) in [5.41, 5.74) is 1.06. The largest absolute Gasteiger partial charge is 0.316 e. The molecule has 1 atom stereocenters. The Hall–Kier alpha value is -0.0800. The SMILES string of the molecule is CN1CCCCC1CCNCC1C(C)(C)C1(C)C. The highest BCUT2D eigenvalue weighted by molar-refractivity contribution is 5.12. The highest BCUT2D eigenvalue weighted by Crippen LogP contribution is 2.67. The first-order valence-corrected chi connectivity index (χ1v) is 7.78. The van der Waals surface area contributed by atoms with Crippen LogP contribution < -0.4 is 5.32 Å². The van der Waals surface area contributed by atoms with Crippen molar-refractivity contribution in [3.63, 3.8) is 0 Å². The molecule has 106 valence electrons. The van der Waals surface area contributed by atoms with Crippen LogP contribution in [0.5, 0.6) is 0 Å². The molecule has 2 heteroatoms. The third kappa shape index (κ3) is 2.60. The maximum Gasteiger partial charge on any atom is 0.0104 e. The van der Waals surface area contributed by atoms with Gasteiger partial charge in [0.1, 0.15) is 0 Å². The van der Waals surface area contributed by atoms with Crippen molar-refractivity contribution in [1.29, 1.82) is 0 Å². The average Bonchev–Trinajstić information content (AvgIpc) is 2.68. The van der Waals surface area contributed by atoms with Gasteiger partial charge in [0, 0.05) is 6.04 Å². The summed E-state index contributed by atoms with van der Waals surface area (Å²) in [6, 6.07) is 0.825. The Kier molecular flexibility index (Phi) is 4.08. The molecule has 2 nitrogen and oxygen atoms in total. The van der Waals surface area contributed by atoms with E-state index in [2.05, 4.69) is 45.0 Å². The monoisotopic (exact) mass is 252 g/mol. The van der Waals surface area contributed by atoms with Crippen molar-refractivity contribution in [2.75, 3.05) is 26.7 Å². The second-order valence-corrected chi connectivity index (χ2v) is 7.62. The molecule has 0 aromatic rings. The fraction of sp³-hybridized carbons (Fsp3) is 1.00. The van der Waals surface area contributed by atoms with Crippen LogP contribution in [0.4, 0.5) is 0 Å². The maximum absolute atomic E-state index is 3.70. The summed E-state index contributed by atoms with van der Waals surface area (Å²) < 4.78 is 0. The van der Waals surface area contributed by atoms with Crippen molar-refractivity contribution in [1.82, 2.24) is 10.2 Å². The second-order valence-electron chi connectivity index (χ2n) is 7.62. The summed E-state index contributed by atoms with van der Waals surface area (Å²) in [5, 5.41) is 3.70. The topological polar surface area (TPSA) is 15.3 Å². The van der Waals surface area contributed by atoms with Crippen LogP contribution >= 0.6 is 0 Å². The standard InChI is InChI=1S/C16H32N2/c1-15(2)14(16(15,3)4)12-17-10-9-13-8-6-7-11-18(13)5/h13-14,17H,6-12H2,1-5H3. The molecule has 1 aliphatic carbocycles. The molecule has 2 fully saturated rings. The van der Waals surface area contributed by atoms with Gasteiger partial charge in [0.25, 0.3) is 0 Å². The smallest absolute Gasteiger partial charge is 0.0104 e. The van der Waals surface area contributed by atoms with Crippen LogP contribution in [0.25, 0.3) is 0 Å². The van der Waals surface area contributed by atoms with Crippen LogP contribution in [-0.4, -0.2) is 37.6 Å². The van der Waals surface area contributed by atoms with E-state index in [0.29, 0.717) is 10.8 Å². The minimum Gasteiger partial charge on any atom is -0.316 e. The predicted molar refractivity (Wildman–Crippen MR) is 78.8 cm³/mol. The van der Waals surface area contributed by atoms with E-state index in [1.807, 2.05) is 0 Å². The van der Waals surface area contributed by atoms with Gasteiger partial charge in [0.05, 0.1) is 0 Å². The van der Waals surface area contributed by atoms with Crippen molar-refractivity contribution >= 4 is 0 Å². The van der Waals surface area contributed by atoms with Crippen molar-refractivity contribution in [2.24, 2.45) is 16.7 Å². The van der Waals surface area contributed by atoms with E-state index < -0.39 is 0 Å². The molecule has 1 aliphatic heterocycles. The molecule has 1 heterocycles. The zero-order valence-corrected chi connectivity index (χ0v) is 13.1. The van der Waals surface area contributed by atoms with Gasteiger partial charge in [-0.15, -0.1) is 0 Å². The van der Waals surface area contributed by atoms with Gasteiger partial charge in [-0.25, -0.2) is 0 Å². The van der Waals surface area contributed by atoms with E-state index in [9.17, 15) is 0 Å². The third-order valence-corrected chi connectivity index (χ3v) is 6.24. The molecule has 0 radical (unpaired) electrons. The Morgan fingerprint density at radius 1 is 1.11 bits per heavy atom. The number of piperidine rings is 1. The van der Waals surface area contributed by atoms with Gasteiger partial charge in [0.2, 0.25) is 0 Å². The number of hydrogen-bond donors (Lipinski definition) is 1. The average molecular weight is 252 g/mol. The Morgan fingerprint density at radius 3 is 2.33 bits per heavy atom. The number of hydrogen-bond acceptors (Lipinski definition) is 2. The van der Waals surface area contributed by atoms with Gasteiger partial charge in [0.15, 0.2) is 0 Å². The molecule has 1 N–H and O–H groups in total. The number of likely N-dealkylation sites (tertiary alicyclic amines) is 1. The molecule has 0 bridgehead atoms. The lowest BCUT2D eigenvalue weighted by Crippen LogP contribution is -2.38. The number of nitrogens with one attached hydrogen (secondary N) is 1. The summed E-state index contributed by atoms with van der Waals surface area (Å²) >= 11 is 0. The summed E-state index contributed by atoms with van der Waals surface area (Å²) in [7, 11) is 2.29. The fourth-order valence-electron chi connectivity index (χ4n) is 3.87. The van der Waals surface area contributed by atoms with Crippen molar-refractivity contribution in [3.05, 3.63) is 0 Å². The van der Waals surface area contributed by atoms with E-state index in [0.717, 1.165) is 12.0 Å². The minimum atomic E-state index is 0.529. The van der Waals surface area contributed by atoms with Crippen molar-refractivity contribution in [3.8, 4) is 0 Å². The van der Waals surface area contributed by atoms with Gasteiger partial charge in [-0.05, 0) is 62.7 Å². The van der Waals surface area contributed by atoms with E-state index in [-0.39, 0.29) is 0 Å². The summed E-state index contributed by atoms with van der Waals surface area (Å²) in [5.74, 6) is 0.856. The van der Waals surface area contributed by atoms with Crippen molar-refractivity contribution in [2.45, 2.75) is 59.4 Å². The summed E-state index contributed by atoms with van der Waals surface area (Å²) in [6.07, 6.45) is 5.55. The molecule has 2 aliphatic rings. The van der Waals surface area contributed by atoms with Crippen LogP contribution in [0, 0.1) is 16.7 Å². The number of nitrogens with zero attached hydrogens (tertiary/aromatic N) is 1. The normalized spacial score (nSPS) is 31.5. The summed E-state index contributed by atoms with van der Waals surface area (Å²) in [4.78, 5) is 2.55. The predicted octanol–water partition coefficient (Wildman–Crippen LogP) is 3.13. The molecule has 1 unspecified atom stereocenters. The molecule has 0 aromatic heterocycles. The van der Waals surface area contributed by atoms with Gasteiger partial charge >= 0.3 is 0 Å². The van der Waals surface area contributed by atoms with Crippen LogP contribution in [0.3, 0.4) is 0 Å².